The summed E-state index contributed by atoms with van der Waals surface area (Å²) in [6.07, 6.45) is 0. The van der Waals surface area contributed by atoms with Crippen molar-refractivity contribution in [3.8, 4) is 0 Å². The number of halogens is 1. The molecule has 1 aromatic rings. The van der Waals surface area contributed by atoms with Gasteiger partial charge in [-0.05, 0) is 52.0 Å². The third-order valence-electron chi connectivity index (χ3n) is 4.16. The molecule has 0 aromatic heterocycles. The fourth-order valence-corrected chi connectivity index (χ4v) is 2.77. The SMILES string of the molecule is C[C@@H](C(=O)NC(=O)NC(C)(C)C)N1CCN(c2ccc(F)cc2)CC1. The molecule has 0 radical (unpaired) electrons. The van der Waals surface area contributed by atoms with Crippen LogP contribution in [0.15, 0.2) is 24.3 Å². The molecule has 0 saturated carbocycles. The van der Waals surface area contributed by atoms with E-state index >= 15 is 0 Å². The van der Waals surface area contributed by atoms with Crippen LogP contribution in [0.4, 0.5) is 14.9 Å². The zero-order valence-corrected chi connectivity index (χ0v) is 15.3. The zero-order chi connectivity index (χ0) is 18.6. The van der Waals surface area contributed by atoms with Crippen molar-refractivity contribution in [1.82, 2.24) is 15.5 Å². The molecule has 0 spiro atoms. The molecule has 1 aromatic carbocycles. The molecule has 1 aliphatic rings. The van der Waals surface area contributed by atoms with Gasteiger partial charge in [0, 0.05) is 37.4 Å². The van der Waals surface area contributed by atoms with Gasteiger partial charge < -0.3 is 10.2 Å². The number of carbonyl (C=O) groups excluding carboxylic acids is 2. The Balaban J connectivity index is 1.84. The van der Waals surface area contributed by atoms with Gasteiger partial charge in [-0.1, -0.05) is 0 Å². The topological polar surface area (TPSA) is 64.7 Å². The van der Waals surface area contributed by atoms with Gasteiger partial charge in [-0.15, -0.1) is 0 Å². The summed E-state index contributed by atoms with van der Waals surface area (Å²) in [6, 6.07) is 5.56. The van der Waals surface area contributed by atoms with Gasteiger partial charge in [0.25, 0.3) is 0 Å². The van der Waals surface area contributed by atoms with Crippen LogP contribution in [-0.2, 0) is 4.79 Å². The van der Waals surface area contributed by atoms with Gasteiger partial charge in [0.05, 0.1) is 6.04 Å². The Labute approximate surface area is 148 Å². The predicted octanol–water partition coefficient (Wildman–Crippen LogP) is 1.96. The standard InChI is InChI=1S/C18H27FN4O2/c1-13(16(24)20-17(25)21-18(2,3)4)22-9-11-23(12-10-22)15-7-5-14(19)6-8-15/h5-8,13H,9-12H2,1-4H3,(H2,20,21,24,25)/t13-/m0/s1. The first kappa shape index (κ1) is 19.2. The highest BCUT2D eigenvalue weighted by atomic mass is 19.1. The number of nitrogens with one attached hydrogen (secondary N) is 2. The van der Waals surface area contributed by atoms with Gasteiger partial charge in [0.1, 0.15) is 5.82 Å². The zero-order valence-electron chi connectivity index (χ0n) is 15.3. The summed E-state index contributed by atoms with van der Waals surface area (Å²) in [5.74, 6) is -0.557. The molecule has 1 heterocycles. The lowest BCUT2D eigenvalue weighted by Crippen LogP contribution is -2.56. The van der Waals surface area contributed by atoms with Crippen LogP contribution < -0.4 is 15.5 Å². The van der Waals surface area contributed by atoms with Gasteiger partial charge in [-0.2, -0.15) is 0 Å². The number of hydrogen-bond acceptors (Lipinski definition) is 4. The molecule has 1 aliphatic heterocycles. The van der Waals surface area contributed by atoms with Crippen molar-refractivity contribution < 1.29 is 14.0 Å². The molecule has 1 atom stereocenters. The molecule has 3 amide bonds. The van der Waals surface area contributed by atoms with Gasteiger partial charge in [-0.3, -0.25) is 15.0 Å². The monoisotopic (exact) mass is 350 g/mol. The van der Waals surface area contributed by atoms with Crippen molar-refractivity contribution in [1.29, 1.82) is 0 Å². The predicted molar refractivity (Wildman–Crippen MR) is 96.1 cm³/mol. The molecular weight excluding hydrogens is 323 g/mol. The summed E-state index contributed by atoms with van der Waals surface area (Å²) in [5.41, 5.74) is 0.580. The largest absolute Gasteiger partial charge is 0.369 e. The molecule has 0 unspecified atom stereocenters. The number of hydrogen-bond donors (Lipinski definition) is 2. The first-order valence-electron chi connectivity index (χ1n) is 8.53. The minimum absolute atomic E-state index is 0.249. The number of rotatable bonds is 3. The van der Waals surface area contributed by atoms with E-state index in [1.807, 2.05) is 25.7 Å². The molecular formula is C18H27FN4O2. The second kappa shape index (κ2) is 7.82. The lowest BCUT2D eigenvalue weighted by molar-refractivity contribution is -0.124. The molecule has 138 valence electrons. The van der Waals surface area contributed by atoms with E-state index < -0.39 is 11.6 Å². The molecule has 2 N–H and O–H groups in total. The summed E-state index contributed by atoms with van der Waals surface area (Å²) in [7, 11) is 0. The number of imide groups is 1. The van der Waals surface area contributed by atoms with E-state index in [-0.39, 0.29) is 17.8 Å². The Hall–Kier alpha value is -2.15. The second-order valence-corrected chi connectivity index (χ2v) is 7.37. The molecule has 6 nitrogen and oxygen atoms in total. The minimum Gasteiger partial charge on any atom is -0.369 e. The van der Waals surface area contributed by atoms with Crippen LogP contribution in [0, 0.1) is 5.82 Å². The van der Waals surface area contributed by atoms with E-state index in [0.717, 1.165) is 18.8 Å². The van der Waals surface area contributed by atoms with Gasteiger partial charge in [-0.25, -0.2) is 9.18 Å². The first-order chi connectivity index (χ1) is 11.7. The quantitative estimate of drug-likeness (QED) is 0.875. The van der Waals surface area contributed by atoms with E-state index in [1.165, 1.54) is 12.1 Å². The second-order valence-electron chi connectivity index (χ2n) is 7.37. The van der Waals surface area contributed by atoms with Crippen molar-refractivity contribution in [3.05, 3.63) is 30.1 Å². The third-order valence-corrected chi connectivity index (χ3v) is 4.16. The summed E-state index contributed by atoms with van der Waals surface area (Å²) in [4.78, 5) is 28.3. The number of nitrogens with zero attached hydrogens (tertiary/aromatic N) is 2. The summed E-state index contributed by atoms with van der Waals surface area (Å²) >= 11 is 0. The molecule has 7 heteroatoms. The third kappa shape index (κ3) is 5.70. The molecule has 0 bridgehead atoms. The van der Waals surface area contributed by atoms with Gasteiger partial charge >= 0.3 is 6.03 Å². The van der Waals surface area contributed by atoms with Crippen LogP contribution in [0.3, 0.4) is 0 Å². The number of urea groups is 1. The average molecular weight is 350 g/mol. The van der Waals surface area contributed by atoms with Crippen molar-refractivity contribution in [2.75, 3.05) is 31.1 Å². The van der Waals surface area contributed by atoms with Crippen LogP contribution in [-0.4, -0.2) is 54.6 Å². The Bertz CT molecular complexity index is 604. The van der Waals surface area contributed by atoms with Gasteiger partial charge in [0.2, 0.25) is 5.91 Å². The highest BCUT2D eigenvalue weighted by molar-refractivity contribution is 5.97. The number of anilines is 1. The van der Waals surface area contributed by atoms with E-state index in [4.69, 9.17) is 0 Å². The van der Waals surface area contributed by atoms with Gasteiger partial charge in [0.15, 0.2) is 0 Å². The van der Waals surface area contributed by atoms with E-state index in [0.29, 0.717) is 13.1 Å². The van der Waals surface area contributed by atoms with Crippen molar-refractivity contribution >= 4 is 17.6 Å². The maximum Gasteiger partial charge on any atom is 0.321 e. The van der Waals surface area contributed by atoms with Crippen LogP contribution >= 0.6 is 0 Å². The van der Waals surface area contributed by atoms with Crippen LogP contribution in [0.5, 0.6) is 0 Å². The highest BCUT2D eigenvalue weighted by Gasteiger charge is 2.27. The highest BCUT2D eigenvalue weighted by Crippen LogP contribution is 2.17. The molecule has 1 saturated heterocycles. The van der Waals surface area contributed by atoms with Crippen molar-refractivity contribution in [3.63, 3.8) is 0 Å². The number of carbonyl (C=O) groups is 2. The minimum atomic E-state index is -0.478. The molecule has 25 heavy (non-hydrogen) atoms. The van der Waals surface area contributed by atoms with Crippen LogP contribution in [0.2, 0.25) is 0 Å². The maximum atomic E-state index is 13.0. The van der Waals surface area contributed by atoms with E-state index in [2.05, 4.69) is 15.5 Å². The number of benzene rings is 1. The fourth-order valence-electron chi connectivity index (χ4n) is 2.77. The lowest BCUT2D eigenvalue weighted by atomic mass is 10.1. The molecule has 0 aliphatic carbocycles. The summed E-state index contributed by atoms with van der Waals surface area (Å²) < 4.78 is 13.0. The Morgan fingerprint density at radius 3 is 2.16 bits per heavy atom. The Morgan fingerprint density at radius 1 is 1.08 bits per heavy atom. The number of amides is 3. The molecule has 1 fully saturated rings. The molecule has 2 rings (SSSR count). The Kier molecular flexibility index (Phi) is 6.00. The Morgan fingerprint density at radius 2 is 1.64 bits per heavy atom. The first-order valence-corrected chi connectivity index (χ1v) is 8.53. The fraction of sp³-hybridized carbons (Fsp3) is 0.556. The smallest absolute Gasteiger partial charge is 0.321 e. The number of piperazine rings is 1. The lowest BCUT2D eigenvalue weighted by Gasteiger charge is -2.38. The van der Waals surface area contributed by atoms with E-state index in [1.54, 1.807) is 19.1 Å². The van der Waals surface area contributed by atoms with E-state index in [9.17, 15) is 14.0 Å². The van der Waals surface area contributed by atoms with Crippen LogP contribution in [0.1, 0.15) is 27.7 Å². The van der Waals surface area contributed by atoms with Crippen molar-refractivity contribution in [2.24, 2.45) is 0 Å². The van der Waals surface area contributed by atoms with Crippen LogP contribution in [0.25, 0.3) is 0 Å². The van der Waals surface area contributed by atoms with Crippen molar-refractivity contribution in [2.45, 2.75) is 39.3 Å². The average Bonchev–Trinajstić information content (AvgIpc) is 2.53. The normalized spacial score (nSPS) is 17.1. The maximum absolute atomic E-state index is 13.0. The summed E-state index contributed by atoms with van der Waals surface area (Å²) in [5, 5.41) is 5.11. The summed E-state index contributed by atoms with van der Waals surface area (Å²) in [6.45, 7) is 10.3.